The number of pyridine rings is 1. The van der Waals surface area contributed by atoms with E-state index in [2.05, 4.69) is 4.98 Å². The number of amides is 2. The molecular weight excluding hydrogens is 406 g/mol. The van der Waals surface area contributed by atoms with Crippen LogP contribution in [0.25, 0.3) is 11.1 Å². The first kappa shape index (κ1) is 21.5. The monoisotopic (exact) mass is 431 g/mol. The van der Waals surface area contributed by atoms with Gasteiger partial charge in [0.25, 0.3) is 11.8 Å². The molecule has 3 aromatic rings. The van der Waals surface area contributed by atoms with Gasteiger partial charge in [0, 0.05) is 30.9 Å². The summed E-state index contributed by atoms with van der Waals surface area (Å²) in [5, 5.41) is 0. The Morgan fingerprint density at radius 3 is 2.62 bits per heavy atom. The minimum absolute atomic E-state index is 0.0812. The second-order valence-corrected chi connectivity index (χ2v) is 7.78. The van der Waals surface area contributed by atoms with Crippen molar-refractivity contribution in [3.63, 3.8) is 0 Å². The van der Waals surface area contributed by atoms with E-state index >= 15 is 0 Å². The zero-order valence-corrected chi connectivity index (χ0v) is 17.9. The van der Waals surface area contributed by atoms with Crippen molar-refractivity contribution in [2.75, 3.05) is 26.8 Å². The first-order chi connectivity index (χ1) is 15.5. The average molecular weight is 431 g/mol. The first-order valence-electron chi connectivity index (χ1n) is 10.4. The highest BCUT2D eigenvalue weighted by atomic mass is 16.5. The molecule has 7 heteroatoms. The number of carbonyl (C=O) groups excluding carboxylic acids is 2. The summed E-state index contributed by atoms with van der Waals surface area (Å²) in [5.74, 6) is -0.184. The number of primary amides is 1. The SMILES string of the molecule is COc1cccc(C(=O)N2CCO[C@@](Cc3cccc(-c4ccncc4)c3)(C(N)=O)C2)c1. The summed E-state index contributed by atoms with van der Waals surface area (Å²) in [7, 11) is 1.55. The fourth-order valence-electron chi connectivity index (χ4n) is 3.97. The van der Waals surface area contributed by atoms with Crippen LogP contribution in [-0.2, 0) is 16.0 Å². The van der Waals surface area contributed by atoms with E-state index in [1.54, 1.807) is 48.7 Å². The van der Waals surface area contributed by atoms with Crippen molar-refractivity contribution in [2.24, 2.45) is 5.73 Å². The van der Waals surface area contributed by atoms with Gasteiger partial charge in [-0.1, -0.05) is 30.3 Å². The Kier molecular flexibility index (Phi) is 6.18. The third kappa shape index (κ3) is 4.48. The Morgan fingerprint density at radius 2 is 1.88 bits per heavy atom. The van der Waals surface area contributed by atoms with Crippen molar-refractivity contribution in [3.8, 4) is 16.9 Å². The van der Waals surface area contributed by atoms with Crippen LogP contribution in [0.3, 0.4) is 0 Å². The molecule has 1 atom stereocenters. The maximum Gasteiger partial charge on any atom is 0.254 e. The Bertz CT molecular complexity index is 1120. The van der Waals surface area contributed by atoms with Crippen LogP contribution in [0.1, 0.15) is 15.9 Å². The summed E-state index contributed by atoms with van der Waals surface area (Å²) in [6.45, 7) is 0.683. The maximum atomic E-state index is 13.1. The number of nitrogens with two attached hydrogens (primary N) is 1. The van der Waals surface area contributed by atoms with Gasteiger partial charge in [0.1, 0.15) is 5.75 Å². The van der Waals surface area contributed by atoms with Gasteiger partial charge in [-0.3, -0.25) is 14.6 Å². The molecule has 1 aromatic heterocycles. The van der Waals surface area contributed by atoms with Gasteiger partial charge in [-0.25, -0.2) is 0 Å². The Morgan fingerprint density at radius 1 is 1.09 bits per heavy atom. The summed E-state index contributed by atoms with van der Waals surface area (Å²) in [4.78, 5) is 31.4. The fourth-order valence-corrected chi connectivity index (χ4v) is 3.97. The van der Waals surface area contributed by atoms with Crippen LogP contribution in [0.4, 0.5) is 0 Å². The molecule has 0 spiro atoms. The smallest absolute Gasteiger partial charge is 0.254 e. The molecule has 2 amide bonds. The molecule has 0 saturated carbocycles. The first-order valence-corrected chi connectivity index (χ1v) is 10.4. The number of methoxy groups -OCH3 is 1. The van der Waals surface area contributed by atoms with Crippen LogP contribution in [0.5, 0.6) is 5.75 Å². The van der Waals surface area contributed by atoms with Gasteiger partial charge >= 0.3 is 0 Å². The number of hydrogen-bond donors (Lipinski definition) is 1. The molecule has 32 heavy (non-hydrogen) atoms. The summed E-state index contributed by atoms with van der Waals surface area (Å²) in [6.07, 6.45) is 3.74. The highest BCUT2D eigenvalue weighted by molar-refractivity contribution is 5.95. The van der Waals surface area contributed by atoms with Gasteiger partial charge in [-0.15, -0.1) is 0 Å². The lowest BCUT2D eigenvalue weighted by Gasteiger charge is -2.40. The molecule has 1 aliphatic rings. The van der Waals surface area contributed by atoms with Crippen molar-refractivity contribution in [1.29, 1.82) is 0 Å². The minimum atomic E-state index is -1.30. The van der Waals surface area contributed by atoms with Gasteiger partial charge in [0.2, 0.25) is 0 Å². The van der Waals surface area contributed by atoms with Crippen molar-refractivity contribution in [3.05, 3.63) is 84.2 Å². The topological polar surface area (TPSA) is 94.8 Å². The second kappa shape index (κ2) is 9.20. The zero-order chi connectivity index (χ0) is 22.6. The number of nitrogens with zero attached hydrogens (tertiary/aromatic N) is 2. The van der Waals surface area contributed by atoms with Crippen LogP contribution >= 0.6 is 0 Å². The number of hydrogen-bond acceptors (Lipinski definition) is 5. The summed E-state index contributed by atoms with van der Waals surface area (Å²) < 4.78 is 11.2. The lowest BCUT2D eigenvalue weighted by atomic mass is 9.90. The van der Waals surface area contributed by atoms with Crippen LogP contribution in [-0.4, -0.2) is 54.1 Å². The van der Waals surface area contributed by atoms with Crippen LogP contribution in [0.15, 0.2) is 73.1 Å². The minimum Gasteiger partial charge on any atom is -0.497 e. The van der Waals surface area contributed by atoms with Gasteiger partial charge < -0.3 is 20.1 Å². The van der Waals surface area contributed by atoms with Crippen LogP contribution in [0.2, 0.25) is 0 Å². The van der Waals surface area contributed by atoms with E-state index in [0.717, 1.165) is 16.7 Å². The van der Waals surface area contributed by atoms with E-state index in [1.165, 1.54) is 0 Å². The van der Waals surface area contributed by atoms with Crippen LogP contribution < -0.4 is 10.5 Å². The molecule has 1 fully saturated rings. The molecule has 2 N–H and O–H groups in total. The maximum absolute atomic E-state index is 13.1. The third-order valence-electron chi connectivity index (χ3n) is 5.67. The largest absolute Gasteiger partial charge is 0.497 e. The van der Waals surface area contributed by atoms with E-state index in [4.69, 9.17) is 15.2 Å². The Labute approximate surface area is 186 Å². The van der Waals surface area contributed by atoms with Crippen LogP contribution in [0, 0.1) is 0 Å². The number of rotatable bonds is 6. The van der Waals surface area contributed by atoms with Crippen molar-refractivity contribution < 1.29 is 19.1 Å². The predicted octanol–water partition coefficient (Wildman–Crippen LogP) is 2.70. The summed E-state index contributed by atoms with van der Waals surface area (Å²) >= 11 is 0. The highest BCUT2D eigenvalue weighted by Gasteiger charge is 2.44. The summed E-state index contributed by atoms with van der Waals surface area (Å²) in [6, 6.07) is 18.7. The van der Waals surface area contributed by atoms with Crippen molar-refractivity contribution >= 4 is 11.8 Å². The molecule has 4 rings (SSSR count). The molecule has 0 bridgehead atoms. The Balaban J connectivity index is 1.58. The molecule has 0 unspecified atom stereocenters. The van der Waals surface area contributed by atoms with Gasteiger partial charge in [0.15, 0.2) is 5.60 Å². The highest BCUT2D eigenvalue weighted by Crippen LogP contribution is 2.27. The quantitative estimate of drug-likeness (QED) is 0.648. The molecule has 2 heterocycles. The normalized spacial score (nSPS) is 18.2. The average Bonchev–Trinajstić information content (AvgIpc) is 2.84. The van der Waals surface area contributed by atoms with Gasteiger partial charge in [-0.2, -0.15) is 0 Å². The zero-order valence-electron chi connectivity index (χ0n) is 17.9. The summed E-state index contributed by atoms with van der Waals surface area (Å²) in [5.41, 5.74) is 7.93. The molecule has 1 aliphatic heterocycles. The molecule has 2 aromatic carbocycles. The lowest BCUT2D eigenvalue weighted by Crippen LogP contribution is -2.61. The predicted molar refractivity (Wildman–Crippen MR) is 120 cm³/mol. The number of carbonyl (C=O) groups is 2. The molecule has 0 radical (unpaired) electrons. The lowest BCUT2D eigenvalue weighted by molar-refractivity contribution is -0.153. The molecular formula is C25H25N3O4. The van der Waals surface area contributed by atoms with E-state index < -0.39 is 11.5 Å². The van der Waals surface area contributed by atoms with E-state index in [-0.39, 0.29) is 25.5 Å². The molecule has 0 aliphatic carbocycles. The number of aromatic nitrogens is 1. The van der Waals surface area contributed by atoms with E-state index in [9.17, 15) is 9.59 Å². The Hall–Kier alpha value is -3.71. The fraction of sp³-hybridized carbons (Fsp3) is 0.240. The number of benzene rings is 2. The van der Waals surface area contributed by atoms with E-state index in [0.29, 0.717) is 17.9 Å². The number of morpholine rings is 1. The molecule has 1 saturated heterocycles. The standard InChI is InChI=1S/C25H25N3O4/c1-31-22-7-3-6-21(15-22)23(29)28-12-13-32-25(17-28,24(26)30)16-18-4-2-5-20(14-18)19-8-10-27-11-9-19/h2-11,14-15H,12-13,16-17H2,1H3,(H2,26,30)/t25-/m1/s1. The molecule has 7 nitrogen and oxygen atoms in total. The second-order valence-electron chi connectivity index (χ2n) is 7.78. The third-order valence-corrected chi connectivity index (χ3v) is 5.67. The van der Waals surface area contributed by atoms with Crippen molar-refractivity contribution in [2.45, 2.75) is 12.0 Å². The van der Waals surface area contributed by atoms with Gasteiger partial charge in [0.05, 0.1) is 20.3 Å². The van der Waals surface area contributed by atoms with Gasteiger partial charge in [-0.05, 0) is 47.0 Å². The number of ether oxygens (including phenoxy) is 2. The van der Waals surface area contributed by atoms with E-state index in [1.807, 2.05) is 36.4 Å². The molecule has 164 valence electrons. The van der Waals surface area contributed by atoms with Crippen molar-refractivity contribution in [1.82, 2.24) is 9.88 Å².